The van der Waals surface area contributed by atoms with Crippen molar-refractivity contribution < 1.29 is 4.79 Å². The van der Waals surface area contributed by atoms with E-state index < -0.39 is 0 Å². The van der Waals surface area contributed by atoms with Crippen LogP contribution in [0.25, 0.3) is 0 Å². The third kappa shape index (κ3) is 3.33. The van der Waals surface area contributed by atoms with Crippen molar-refractivity contribution in [3.05, 3.63) is 64.2 Å². The molecule has 0 aliphatic carbocycles. The highest BCUT2D eigenvalue weighted by Crippen LogP contribution is 2.23. The summed E-state index contributed by atoms with van der Waals surface area (Å²) in [5.74, 6) is -0.271. The molecule has 0 aliphatic rings. The molecule has 24 heavy (non-hydrogen) atoms. The molecule has 0 saturated heterocycles. The fraction of sp³-hybridized carbons (Fsp3) is 0.235. The van der Waals surface area contributed by atoms with E-state index in [9.17, 15) is 4.79 Å². The lowest BCUT2D eigenvalue weighted by Crippen LogP contribution is -2.16. The number of rotatable bonds is 4. The number of aryl methyl sites for hydroxylation is 2. The van der Waals surface area contributed by atoms with Gasteiger partial charge in [-0.1, -0.05) is 17.7 Å². The molecule has 0 unspecified atom stereocenters. The fourth-order valence-electron chi connectivity index (χ4n) is 2.45. The second-order valence-electron chi connectivity index (χ2n) is 5.68. The molecular formula is C17H18ClN5O. The van der Waals surface area contributed by atoms with Crippen LogP contribution in [-0.4, -0.2) is 25.5 Å². The molecule has 2 heterocycles. The number of anilines is 1. The summed E-state index contributed by atoms with van der Waals surface area (Å²) in [7, 11) is 0. The third-order valence-corrected chi connectivity index (χ3v) is 4.18. The van der Waals surface area contributed by atoms with Gasteiger partial charge in [0.2, 0.25) is 0 Å². The molecule has 0 bridgehead atoms. The number of aromatic nitrogens is 4. The van der Waals surface area contributed by atoms with Crippen molar-refractivity contribution in [3.63, 3.8) is 0 Å². The van der Waals surface area contributed by atoms with E-state index in [-0.39, 0.29) is 5.91 Å². The highest BCUT2D eigenvalue weighted by atomic mass is 35.5. The Bertz CT molecular complexity index is 896. The molecule has 0 fully saturated rings. The number of nitrogens with zero attached hydrogens (tertiary/aromatic N) is 4. The van der Waals surface area contributed by atoms with Crippen LogP contribution in [0, 0.1) is 20.8 Å². The number of halogens is 1. The molecule has 0 aliphatic heterocycles. The molecule has 0 spiro atoms. The summed E-state index contributed by atoms with van der Waals surface area (Å²) in [6, 6.07) is 9.08. The molecule has 1 amide bonds. The molecule has 3 rings (SSSR count). The van der Waals surface area contributed by atoms with Crippen LogP contribution in [0.15, 0.2) is 36.5 Å². The SMILES string of the molecule is Cc1cc(C)n(Cn2ccc(C(=O)Nc3cccc(Cl)c3C)n2)n1. The molecular weight excluding hydrogens is 326 g/mol. The second-order valence-corrected chi connectivity index (χ2v) is 6.08. The molecule has 1 N–H and O–H groups in total. The van der Waals surface area contributed by atoms with Gasteiger partial charge in [0.1, 0.15) is 6.67 Å². The molecule has 0 atom stereocenters. The van der Waals surface area contributed by atoms with Gasteiger partial charge in [-0.15, -0.1) is 0 Å². The average Bonchev–Trinajstić information content (AvgIpc) is 3.11. The van der Waals surface area contributed by atoms with Crippen molar-refractivity contribution in [1.82, 2.24) is 19.6 Å². The minimum atomic E-state index is -0.271. The van der Waals surface area contributed by atoms with E-state index in [1.54, 1.807) is 29.1 Å². The van der Waals surface area contributed by atoms with E-state index in [1.165, 1.54) is 0 Å². The number of amides is 1. The summed E-state index contributed by atoms with van der Waals surface area (Å²) in [4.78, 5) is 12.4. The molecule has 0 radical (unpaired) electrons. The summed E-state index contributed by atoms with van der Waals surface area (Å²) >= 11 is 6.07. The van der Waals surface area contributed by atoms with E-state index in [0.717, 1.165) is 17.0 Å². The van der Waals surface area contributed by atoms with Crippen LogP contribution in [0.3, 0.4) is 0 Å². The van der Waals surface area contributed by atoms with Gasteiger partial charge in [0.25, 0.3) is 5.91 Å². The smallest absolute Gasteiger partial charge is 0.276 e. The van der Waals surface area contributed by atoms with Gasteiger partial charge in [0.15, 0.2) is 5.69 Å². The fourth-order valence-corrected chi connectivity index (χ4v) is 2.62. The number of hydrogen-bond donors (Lipinski definition) is 1. The lowest BCUT2D eigenvalue weighted by molar-refractivity contribution is 0.102. The van der Waals surface area contributed by atoms with Gasteiger partial charge in [0, 0.05) is 22.6 Å². The van der Waals surface area contributed by atoms with Gasteiger partial charge in [-0.3, -0.25) is 9.48 Å². The normalized spacial score (nSPS) is 10.8. The molecule has 3 aromatic rings. The first-order valence-electron chi connectivity index (χ1n) is 7.55. The zero-order valence-electron chi connectivity index (χ0n) is 13.7. The van der Waals surface area contributed by atoms with Gasteiger partial charge >= 0.3 is 0 Å². The lowest BCUT2D eigenvalue weighted by Gasteiger charge is -2.08. The van der Waals surface area contributed by atoms with Crippen molar-refractivity contribution in [3.8, 4) is 0 Å². The largest absolute Gasteiger partial charge is 0.320 e. The van der Waals surface area contributed by atoms with Crippen LogP contribution in [0.5, 0.6) is 0 Å². The Morgan fingerprint density at radius 3 is 2.71 bits per heavy atom. The summed E-state index contributed by atoms with van der Waals surface area (Å²) in [5.41, 5.74) is 3.85. The summed E-state index contributed by atoms with van der Waals surface area (Å²) in [6.45, 7) is 6.25. The standard InChI is InChI=1S/C17H18ClN5O/c1-11-9-12(2)23(20-11)10-22-8-7-16(21-22)17(24)19-15-6-4-5-14(18)13(15)3/h4-9H,10H2,1-3H3,(H,19,24). The molecule has 6 nitrogen and oxygen atoms in total. The van der Waals surface area contributed by atoms with Gasteiger partial charge in [0.05, 0.1) is 5.69 Å². The monoisotopic (exact) mass is 343 g/mol. The van der Waals surface area contributed by atoms with E-state index in [1.807, 2.05) is 37.6 Å². The molecule has 1 aromatic carbocycles. The Balaban J connectivity index is 1.74. The summed E-state index contributed by atoms with van der Waals surface area (Å²) < 4.78 is 3.52. The molecule has 2 aromatic heterocycles. The Labute approximate surface area is 145 Å². The van der Waals surface area contributed by atoms with E-state index >= 15 is 0 Å². The Morgan fingerprint density at radius 1 is 1.21 bits per heavy atom. The van der Waals surface area contributed by atoms with Crippen molar-refractivity contribution in [2.75, 3.05) is 5.32 Å². The molecule has 7 heteroatoms. The van der Waals surface area contributed by atoms with Crippen LogP contribution in [0.1, 0.15) is 27.4 Å². The number of nitrogens with one attached hydrogen (secondary N) is 1. The quantitative estimate of drug-likeness (QED) is 0.789. The first kappa shape index (κ1) is 16.3. The Morgan fingerprint density at radius 2 is 2.00 bits per heavy atom. The van der Waals surface area contributed by atoms with Crippen LogP contribution in [0.4, 0.5) is 5.69 Å². The predicted octanol–water partition coefficient (Wildman–Crippen LogP) is 3.42. The maximum atomic E-state index is 12.4. The maximum absolute atomic E-state index is 12.4. The van der Waals surface area contributed by atoms with Gasteiger partial charge in [-0.25, -0.2) is 4.68 Å². The zero-order valence-corrected chi connectivity index (χ0v) is 14.5. The molecule has 0 saturated carbocycles. The zero-order chi connectivity index (χ0) is 17.3. The van der Waals surface area contributed by atoms with E-state index in [4.69, 9.17) is 11.6 Å². The minimum Gasteiger partial charge on any atom is -0.320 e. The van der Waals surface area contributed by atoms with Crippen molar-refractivity contribution >= 4 is 23.2 Å². The predicted molar refractivity (Wildman–Crippen MR) is 93.5 cm³/mol. The Kier molecular flexibility index (Phi) is 4.40. The Hall–Kier alpha value is -2.60. The lowest BCUT2D eigenvalue weighted by atomic mass is 10.2. The number of hydrogen-bond acceptors (Lipinski definition) is 3. The number of carbonyl (C=O) groups is 1. The number of benzene rings is 1. The van der Waals surface area contributed by atoms with Crippen LogP contribution in [0.2, 0.25) is 5.02 Å². The summed E-state index contributed by atoms with van der Waals surface area (Å²) in [6.07, 6.45) is 1.76. The first-order chi connectivity index (χ1) is 11.4. The minimum absolute atomic E-state index is 0.271. The van der Waals surface area contributed by atoms with Crippen molar-refractivity contribution in [2.24, 2.45) is 0 Å². The topological polar surface area (TPSA) is 64.7 Å². The van der Waals surface area contributed by atoms with E-state index in [0.29, 0.717) is 23.1 Å². The van der Waals surface area contributed by atoms with Gasteiger partial charge in [-0.2, -0.15) is 10.2 Å². The van der Waals surface area contributed by atoms with Gasteiger partial charge < -0.3 is 5.32 Å². The maximum Gasteiger partial charge on any atom is 0.276 e. The van der Waals surface area contributed by atoms with Crippen molar-refractivity contribution in [2.45, 2.75) is 27.4 Å². The third-order valence-electron chi connectivity index (χ3n) is 3.77. The first-order valence-corrected chi connectivity index (χ1v) is 7.93. The van der Waals surface area contributed by atoms with Crippen LogP contribution < -0.4 is 5.32 Å². The highest BCUT2D eigenvalue weighted by molar-refractivity contribution is 6.31. The molecule has 124 valence electrons. The van der Waals surface area contributed by atoms with E-state index in [2.05, 4.69) is 15.5 Å². The number of carbonyl (C=O) groups excluding carboxylic acids is 1. The van der Waals surface area contributed by atoms with Crippen molar-refractivity contribution in [1.29, 1.82) is 0 Å². The average molecular weight is 344 g/mol. The second kappa shape index (κ2) is 6.49. The highest BCUT2D eigenvalue weighted by Gasteiger charge is 2.12. The van der Waals surface area contributed by atoms with Crippen LogP contribution >= 0.6 is 11.6 Å². The van der Waals surface area contributed by atoms with Gasteiger partial charge in [-0.05, 0) is 50.6 Å². The van der Waals surface area contributed by atoms with Crippen LogP contribution in [-0.2, 0) is 6.67 Å². The summed E-state index contributed by atoms with van der Waals surface area (Å²) in [5, 5.41) is 12.2.